The minimum Gasteiger partial charge on any atom is -0.375 e. The Hall–Kier alpha value is 0.1000. The van der Waals surface area contributed by atoms with Gasteiger partial charge in [-0.3, -0.25) is 0 Å². The molecule has 0 bridgehead atoms. The summed E-state index contributed by atoms with van der Waals surface area (Å²) in [6, 6.07) is 2.17. The van der Waals surface area contributed by atoms with Crippen LogP contribution in [0.2, 0.25) is 0 Å². The summed E-state index contributed by atoms with van der Waals surface area (Å²) in [4.78, 5) is 0. The lowest BCUT2D eigenvalue weighted by Crippen LogP contribution is -2.61. The fraction of sp³-hybridized carbons (Fsp3) is 0.556. The summed E-state index contributed by atoms with van der Waals surface area (Å²) < 4.78 is 6.71. The van der Waals surface area contributed by atoms with E-state index < -0.39 is 0 Å². The zero-order chi connectivity index (χ0) is 9.31. The summed E-state index contributed by atoms with van der Waals surface area (Å²) in [6.07, 6.45) is 1.01. The largest absolute Gasteiger partial charge is 0.375 e. The Bertz CT molecular complexity index is 290. The van der Waals surface area contributed by atoms with Gasteiger partial charge in [0, 0.05) is 26.6 Å². The predicted molar refractivity (Wildman–Crippen MR) is 58.3 cm³/mol. The summed E-state index contributed by atoms with van der Waals surface area (Å²) in [5, 5.41) is 5.43. The SMILES string of the molecule is COC1(Cc2csc(Br)c2)CNC1. The highest BCUT2D eigenvalue weighted by Gasteiger charge is 2.36. The van der Waals surface area contributed by atoms with Crippen LogP contribution in [0.4, 0.5) is 0 Å². The van der Waals surface area contributed by atoms with Crippen molar-refractivity contribution in [3.05, 3.63) is 20.8 Å². The van der Waals surface area contributed by atoms with Crippen LogP contribution in [-0.4, -0.2) is 25.8 Å². The summed E-state index contributed by atoms with van der Waals surface area (Å²) in [5.41, 5.74) is 1.42. The van der Waals surface area contributed by atoms with E-state index in [2.05, 4.69) is 32.7 Å². The monoisotopic (exact) mass is 261 g/mol. The van der Waals surface area contributed by atoms with Crippen LogP contribution < -0.4 is 5.32 Å². The smallest absolute Gasteiger partial charge is 0.0966 e. The maximum absolute atomic E-state index is 5.51. The molecule has 1 N–H and O–H groups in total. The molecule has 1 aromatic heterocycles. The number of hydrogen-bond acceptors (Lipinski definition) is 3. The molecule has 72 valence electrons. The third-order valence-corrected chi connectivity index (χ3v) is 4.03. The van der Waals surface area contributed by atoms with Gasteiger partial charge in [0.15, 0.2) is 0 Å². The number of nitrogens with one attached hydrogen (secondary N) is 1. The molecule has 2 nitrogen and oxygen atoms in total. The normalized spacial score (nSPS) is 19.8. The fourth-order valence-electron chi connectivity index (χ4n) is 1.56. The zero-order valence-electron chi connectivity index (χ0n) is 7.47. The number of methoxy groups -OCH3 is 1. The lowest BCUT2D eigenvalue weighted by molar-refractivity contribution is -0.0501. The van der Waals surface area contributed by atoms with Gasteiger partial charge in [-0.15, -0.1) is 11.3 Å². The third kappa shape index (κ3) is 1.96. The predicted octanol–water partition coefficient (Wildman–Crippen LogP) is 2.04. The number of rotatable bonds is 3. The Morgan fingerprint density at radius 2 is 2.46 bits per heavy atom. The van der Waals surface area contributed by atoms with E-state index in [1.807, 2.05) is 0 Å². The molecule has 2 rings (SSSR count). The standard InChI is InChI=1S/C9H12BrNOS/c1-12-9(5-11-6-9)3-7-2-8(10)13-4-7/h2,4,11H,3,5-6H2,1H3. The van der Waals surface area contributed by atoms with Crippen molar-refractivity contribution in [2.75, 3.05) is 20.2 Å². The van der Waals surface area contributed by atoms with Gasteiger partial charge in [0.1, 0.15) is 0 Å². The van der Waals surface area contributed by atoms with E-state index in [0.29, 0.717) is 0 Å². The second-order valence-electron chi connectivity index (χ2n) is 3.43. The van der Waals surface area contributed by atoms with Crippen molar-refractivity contribution in [2.24, 2.45) is 0 Å². The van der Waals surface area contributed by atoms with Crippen LogP contribution in [0.25, 0.3) is 0 Å². The van der Waals surface area contributed by atoms with Crippen molar-refractivity contribution in [3.8, 4) is 0 Å². The van der Waals surface area contributed by atoms with Gasteiger partial charge in [0.25, 0.3) is 0 Å². The molecule has 0 atom stereocenters. The van der Waals surface area contributed by atoms with E-state index in [1.165, 1.54) is 9.35 Å². The first kappa shape index (κ1) is 9.65. The van der Waals surface area contributed by atoms with Crippen molar-refractivity contribution >= 4 is 27.3 Å². The van der Waals surface area contributed by atoms with Crippen LogP contribution >= 0.6 is 27.3 Å². The molecule has 1 fully saturated rings. The number of hydrogen-bond donors (Lipinski definition) is 1. The molecule has 0 radical (unpaired) electrons. The molecule has 0 unspecified atom stereocenters. The van der Waals surface area contributed by atoms with Gasteiger partial charge in [-0.25, -0.2) is 0 Å². The van der Waals surface area contributed by atoms with Gasteiger partial charge in [-0.2, -0.15) is 0 Å². The molecule has 1 aromatic rings. The lowest BCUT2D eigenvalue weighted by atomic mass is 9.90. The van der Waals surface area contributed by atoms with Crippen LogP contribution in [0.1, 0.15) is 5.56 Å². The van der Waals surface area contributed by atoms with Gasteiger partial charge < -0.3 is 10.1 Å². The second kappa shape index (κ2) is 3.69. The molecule has 13 heavy (non-hydrogen) atoms. The van der Waals surface area contributed by atoms with E-state index in [0.717, 1.165) is 19.5 Å². The molecule has 1 aliphatic rings. The first-order valence-corrected chi connectivity index (χ1v) is 5.90. The number of thiophene rings is 1. The molecule has 1 saturated heterocycles. The van der Waals surface area contributed by atoms with Crippen molar-refractivity contribution in [1.82, 2.24) is 5.32 Å². The Kier molecular flexibility index (Phi) is 2.74. The van der Waals surface area contributed by atoms with Gasteiger partial charge in [0.2, 0.25) is 0 Å². The van der Waals surface area contributed by atoms with Crippen molar-refractivity contribution in [2.45, 2.75) is 12.0 Å². The Balaban J connectivity index is 2.04. The van der Waals surface area contributed by atoms with Crippen LogP contribution in [0.15, 0.2) is 15.2 Å². The first-order chi connectivity index (χ1) is 6.24. The molecule has 0 spiro atoms. The molecule has 4 heteroatoms. The zero-order valence-corrected chi connectivity index (χ0v) is 9.87. The van der Waals surface area contributed by atoms with Gasteiger partial charge in [-0.1, -0.05) is 0 Å². The molecular weight excluding hydrogens is 250 g/mol. The van der Waals surface area contributed by atoms with E-state index in [4.69, 9.17) is 4.74 Å². The molecule has 2 heterocycles. The van der Waals surface area contributed by atoms with Crippen LogP contribution in [0, 0.1) is 0 Å². The number of halogens is 1. The summed E-state index contributed by atoms with van der Waals surface area (Å²) >= 11 is 5.19. The maximum Gasteiger partial charge on any atom is 0.0966 e. The van der Waals surface area contributed by atoms with Crippen LogP contribution in [-0.2, 0) is 11.2 Å². The highest BCUT2D eigenvalue weighted by molar-refractivity contribution is 9.11. The van der Waals surface area contributed by atoms with Crippen molar-refractivity contribution in [3.63, 3.8) is 0 Å². The molecule has 0 aliphatic carbocycles. The topological polar surface area (TPSA) is 21.3 Å². The maximum atomic E-state index is 5.51. The number of ether oxygens (including phenoxy) is 1. The van der Waals surface area contributed by atoms with E-state index in [9.17, 15) is 0 Å². The molecular formula is C9H12BrNOS. The highest BCUT2D eigenvalue weighted by atomic mass is 79.9. The average Bonchev–Trinajstić information content (AvgIpc) is 2.44. The van der Waals surface area contributed by atoms with Gasteiger partial charge in [0.05, 0.1) is 9.39 Å². The van der Waals surface area contributed by atoms with Crippen molar-refractivity contribution in [1.29, 1.82) is 0 Å². The van der Waals surface area contributed by atoms with Crippen LogP contribution in [0.3, 0.4) is 0 Å². The fourth-order valence-corrected chi connectivity index (χ4v) is 2.76. The minimum atomic E-state index is 0.0561. The van der Waals surface area contributed by atoms with E-state index >= 15 is 0 Å². The van der Waals surface area contributed by atoms with Gasteiger partial charge >= 0.3 is 0 Å². The third-order valence-electron chi connectivity index (χ3n) is 2.48. The summed E-state index contributed by atoms with van der Waals surface area (Å²) in [5.74, 6) is 0. The lowest BCUT2D eigenvalue weighted by Gasteiger charge is -2.41. The van der Waals surface area contributed by atoms with Crippen molar-refractivity contribution < 1.29 is 4.74 Å². The first-order valence-electron chi connectivity index (χ1n) is 4.23. The van der Waals surface area contributed by atoms with Gasteiger partial charge in [-0.05, 0) is 32.9 Å². The molecule has 1 aliphatic heterocycles. The minimum absolute atomic E-state index is 0.0561. The summed E-state index contributed by atoms with van der Waals surface area (Å²) in [6.45, 7) is 1.94. The second-order valence-corrected chi connectivity index (χ2v) is 5.72. The molecule has 0 saturated carbocycles. The molecule has 0 amide bonds. The average molecular weight is 262 g/mol. The quantitative estimate of drug-likeness (QED) is 0.900. The van der Waals surface area contributed by atoms with E-state index in [-0.39, 0.29) is 5.60 Å². The Labute approximate surface area is 90.4 Å². The highest BCUT2D eigenvalue weighted by Crippen LogP contribution is 2.27. The Morgan fingerprint density at radius 3 is 2.85 bits per heavy atom. The Morgan fingerprint density at radius 1 is 1.69 bits per heavy atom. The van der Waals surface area contributed by atoms with Crippen LogP contribution in [0.5, 0.6) is 0 Å². The van der Waals surface area contributed by atoms with E-state index in [1.54, 1.807) is 18.4 Å². The summed E-state index contributed by atoms with van der Waals surface area (Å²) in [7, 11) is 1.79. The molecule has 0 aromatic carbocycles.